The van der Waals surface area contributed by atoms with Gasteiger partial charge in [0, 0.05) is 38.3 Å². The van der Waals surface area contributed by atoms with Crippen LogP contribution in [0.2, 0.25) is 0 Å². The fourth-order valence-electron chi connectivity index (χ4n) is 2.27. The van der Waals surface area contributed by atoms with Crippen molar-refractivity contribution in [2.75, 3.05) is 32.7 Å². The Morgan fingerprint density at radius 1 is 1.21 bits per heavy atom. The quantitative estimate of drug-likeness (QED) is 0.779. The number of rotatable bonds is 3. The molecule has 19 heavy (non-hydrogen) atoms. The molecule has 0 saturated carbocycles. The molecule has 0 aliphatic carbocycles. The van der Waals surface area contributed by atoms with Gasteiger partial charge in [0.15, 0.2) is 0 Å². The van der Waals surface area contributed by atoms with Crippen LogP contribution < -0.4 is 0 Å². The summed E-state index contributed by atoms with van der Waals surface area (Å²) in [6.07, 6.45) is 0. The summed E-state index contributed by atoms with van der Waals surface area (Å²) in [4.78, 5) is 16.3. The van der Waals surface area contributed by atoms with Gasteiger partial charge in [0.2, 0.25) is 0 Å². The number of hydrogen-bond donors (Lipinski definition) is 0. The number of carbonyl (C=O) groups excluding carboxylic acids is 1. The van der Waals surface area contributed by atoms with Crippen molar-refractivity contribution in [3.63, 3.8) is 0 Å². The minimum absolute atomic E-state index is 0.0185. The SMILES string of the molecule is C=C(C)CN1CCN(C(=O)c2ccc(F)cc2)CC1. The van der Waals surface area contributed by atoms with Crippen LogP contribution in [0.3, 0.4) is 0 Å². The van der Waals surface area contributed by atoms with Gasteiger partial charge in [0.25, 0.3) is 5.91 Å². The number of carbonyl (C=O) groups is 1. The van der Waals surface area contributed by atoms with Gasteiger partial charge in [-0.3, -0.25) is 9.69 Å². The minimum Gasteiger partial charge on any atom is -0.336 e. The predicted molar refractivity (Wildman–Crippen MR) is 73.6 cm³/mol. The van der Waals surface area contributed by atoms with Crippen molar-refractivity contribution in [3.05, 3.63) is 47.8 Å². The first-order valence-corrected chi connectivity index (χ1v) is 6.48. The van der Waals surface area contributed by atoms with Crippen LogP contribution in [-0.4, -0.2) is 48.4 Å². The average Bonchev–Trinajstić information content (AvgIpc) is 2.39. The van der Waals surface area contributed by atoms with E-state index in [1.54, 1.807) is 0 Å². The monoisotopic (exact) mass is 262 g/mol. The van der Waals surface area contributed by atoms with Gasteiger partial charge < -0.3 is 4.90 Å². The molecule has 0 spiro atoms. The zero-order valence-corrected chi connectivity index (χ0v) is 11.2. The third kappa shape index (κ3) is 3.64. The third-order valence-corrected chi connectivity index (χ3v) is 3.24. The summed E-state index contributed by atoms with van der Waals surface area (Å²) in [7, 11) is 0. The molecule has 1 aromatic rings. The summed E-state index contributed by atoms with van der Waals surface area (Å²) in [5.41, 5.74) is 1.69. The Kier molecular flexibility index (Phi) is 4.32. The molecule has 0 bridgehead atoms. The van der Waals surface area contributed by atoms with Crippen LogP contribution in [0.4, 0.5) is 4.39 Å². The van der Waals surface area contributed by atoms with E-state index in [0.29, 0.717) is 18.7 Å². The zero-order chi connectivity index (χ0) is 13.8. The van der Waals surface area contributed by atoms with Crippen molar-refractivity contribution < 1.29 is 9.18 Å². The van der Waals surface area contributed by atoms with Gasteiger partial charge in [-0.15, -0.1) is 0 Å². The second kappa shape index (κ2) is 5.97. The fraction of sp³-hybridized carbons (Fsp3) is 0.400. The van der Waals surface area contributed by atoms with Crippen molar-refractivity contribution in [1.82, 2.24) is 9.80 Å². The molecule has 0 aromatic heterocycles. The van der Waals surface area contributed by atoms with Crippen LogP contribution in [0, 0.1) is 5.82 Å². The van der Waals surface area contributed by atoms with Crippen LogP contribution >= 0.6 is 0 Å². The zero-order valence-electron chi connectivity index (χ0n) is 11.2. The summed E-state index contributed by atoms with van der Waals surface area (Å²) in [5.74, 6) is -0.335. The van der Waals surface area contributed by atoms with Crippen molar-refractivity contribution in [2.45, 2.75) is 6.92 Å². The Balaban J connectivity index is 1.92. The van der Waals surface area contributed by atoms with Crippen LogP contribution in [0.1, 0.15) is 17.3 Å². The Morgan fingerprint density at radius 2 is 1.79 bits per heavy atom. The topological polar surface area (TPSA) is 23.6 Å². The van der Waals surface area contributed by atoms with Crippen LogP contribution in [-0.2, 0) is 0 Å². The molecule has 1 aliphatic rings. The fourth-order valence-corrected chi connectivity index (χ4v) is 2.27. The normalized spacial score (nSPS) is 16.4. The number of amides is 1. The molecule has 1 aromatic carbocycles. The van der Waals surface area contributed by atoms with Crippen LogP contribution in [0.25, 0.3) is 0 Å². The van der Waals surface area contributed by atoms with Crippen molar-refractivity contribution >= 4 is 5.91 Å². The molecule has 1 saturated heterocycles. The molecule has 3 nitrogen and oxygen atoms in total. The highest BCUT2D eigenvalue weighted by Crippen LogP contribution is 2.10. The van der Waals surface area contributed by atoms with Gasteiger partial charge in [-0.25, -0.2) is 4.39 Å². The maximum absolute atomic E-state index is 12.8. The highest BCUT2D eigenvalue weighted by molar-refractivity contribution is 5.94. The highest BCUT2D eigenvalue weighted by atomic mass is 19.1. The first-order valence-electron chi connectivity index (χ1n) is 6.48. The van der Waals surface area contributed by atoms with E-state index < -0.39 is 0 Å². The van der Waals surface area contributed by atoms with E-state index in [0.717, 1.165) is 25.2 Å². The lowest BCUT2D eigenvalue weighted by Crippen LogP contribution is -2.48. The molecule has 0 radical (unpaired) electrons. The lowest BCUT2D eigenvalue weighted by Gasteiger charge is -2.34. The molecule has 102 valence electrons. The van der Waals surface area contributed by atoms with E-state index in [1.807, 2.05) is 11.8 Å². The molecular weight excluding hydrogens is 243 g/mol. The number of piperazine rings is 1. The predicted octanol–water partition coefficient (Wildman–Crippen LogP) is 2.16. The molecular formula is C15H19FN2O. The third-order valence-electron chi connectivity index (χ3n) is 3.24. The summed E-state index contributed by atoms with van der Waals surface area (Å²) in [6.45, 7) is 9.94. The minimum atomic E-state index is -0.317. The lowest BCUT2D eigenvalue weighted by molar-refractivity contribution is 0.0648. The van der Waals surface area contributed by atoms with Gasteiger partial charge >= 0.3 is 0 Å². The van der Waals surface area contributed by atoms with Crippen molar-refractivity contribution in [2.24, 2.45) is 0 Å². The van der Waals surface area contributed by atoms with E-state index in [2.05, 4.69) is 11.5 Å². The highest BCUT2D eigenvalue weighted by Gasteiger charge is 2.21. The molecule has 1 amide bonds. The van der Waals surface area contributed by atoms with Crippen molar-refractivity contribution in [1.29, 1.82) is 0 Å². The summed E-state index contributed by atoms with van der Waals surface area (Å²) in [6, 6.07) is 5.73. The Labute approximate surface area is 113 Å². The largest absolute Gasteiger partial charge is 0.336 e. The van der Waals surface area contributed by atoms with E-state index in [1.165, 1.54) is 24.3 Å². The van der Waals surface area contributed by atoms with Gasteiger partial charge in [-0.05, 0) is 31.2 Å². The first kappa shape index (κ1) is 13.7. The average molecular weight is 262 g/mol. The molecule has 0 atom stereocenters. The van der Waals surface area contributed by atoms with Gasteiger partial charge in [-0.2, -0.15) is 0 Å². The van der Waals surface area contributed by atoms with Gasteiger partial charge in [0.05, 0.1) is 0 Å². The lowest BCUT2D eigenvalue weighted by atomic mass is 10.1. The van der Waals surface area contributed by atoms with Crippen LogP contribution in [0.5, 0.6) is 0 Å². The molecule has 1 heterocycles. The summed E-state index contributed by atoms with van der Waals surface area (Å²) < 4.78 is 12.8. The molecule has 4 heteroatoms. The van der Waals surface area contributed by atoms with E-state index >= 15 is 0 Å². The van der Waals surface area contributed by atoms with E-state index in [-0.39, 0.29) is 11.7 Å². The van der Waals surface area contributed by atoms with Gasteiger partial charge in [-0.1, -0.05) is 12.2 Å². The second-order valence-corrected chi connectivity index (χ2v) is 5.03. The molecule has 0 unspecified atom stereocenters. The number of halogens is 1. The number of hydrogen-bond acceptors (Lipinski definition) is 2. The molecule has 2 rings (SSSR count). The molecule has 1 fully saturated rings. The van der Waals surface area contributed by atoms with E-state index in [4.69, 9.17) is 0 Å². The van der Waals surface area contributed by atoms with Crippen molar-refractivity contribution in [3.8, 4) is 0 Å². The number of benzene rings is 1. The Hall–Kier alpha value is -1.68. The van der Waals surface area contributed by atoms with Gasteiger partial charge in [0.1, 0.15) is 5.82 Å². The van der Waals surface area contributed by atoms with Crippen LogP contribution in [0.15, 0.2) is 36.4 Å². The number of nitrogens with zero attached hydrogens (tertiary/aromatic N) is 2. The molecule has 0 N–H and O–H groups in total. The summed E-state index contributed by atoms with van der Waals surface area (Å²) in [5, 5.41) is 0. The second-order valence-electron chi connectivity index (χ2n) is 5.03. The molecule has 1 aliphatic heterocycles. The maximum Gasteiger partial charge on any atom is 0.253 e. The maximum atomic E-state index is 12.8. The smallest absolute Gasteiger partial charge is 0.253 e. The Morgan fingerprint density at radius 3 is 2.32 bits per heavy atom. The Bertz CT molecular complexity index is 462. The van der Waals surface area contributed by atoms with E-state index in [9.17, 15) is 9.18 Å². The standard InChI is InChI=1S/C15H19FN2O/c1-12(2)11-17-7-9-18(10-8-17)15(19)13-3-5-14(16)6-4-13/h3-6H,1,7-11H2,2H3. The first-order chi connectivity index (χ1) is 9.06. The summed E-state index contributed by atoms with van der Waals surface area (Å²) >= 11 is 0.